The molecule has 0 aliphatic carbocycles. The van der Waals surface area contributed by atoms with Crippen LogP contribution in [0, 0.1) is 6.92 Å². The molecule has 0 spiro atoms. The molecule has 0 saturated carbocycles. The van der Waals surface area contributed by atoms with Crippen molar-refractivity contribution in [2.45, 2.75) is 6.92 Å². The summed E-state index contributed by atoms with van der Waals surface area (Å²) >= 11 is 11.9. The number of nitrogens with one attached hydrogen (secondary N) is 1. The summed E-state index contributed by atoms with van der Waals surface area (Å²) in [5, 5.41) is 3.88. The molecule has 0 aliphatic rings. The normalized spacial score (nSPS) is 11.3. The number of nitrogens with zero attached hydrogens (tertiary/aromatic N) is 3. The van der Waals surface area contributed by atoms with Crippen LogP contribution in [0.15, 0.2) is 47.4 Å². The third-order valence-corrected chi connectivity index (χ3v) is 5.09. The van der Waals surface area contributed by atoms with Crippen LogP contribution in [0.25, 0.3) is 16.7 Å². The first-order chi connectivity index (χ1) is 12.8. The van der Waals surface area contributed by atoms with Crippen molar-refractivity contribution >= 4 is 51.5 Å². The summed E-state index contributed by atoms with van der Waals surface area (Å²) in [5.41, 5.74) is 2.51. The van der Waals surface area contributed by atoms with Gasteiger partial charge in [0.2, 0.25) is 0 Å². The van der Waals surface area contributed by atoms with Gasteiger partial charge in [-0.3, -0.25) is 14.0 Å². The van der Waals surface area contributed by atoms with Crippen molar-refractivity contribution in [2.24, 2.45) is 7.05 Å². The summed E-state index contributed by atoms with van der Waals surface area (Å²) in [6.07, 6.45) is 1.73. The van der Waals surface area contributed by atoms with E-state index in [9.17, 15) is 9.59 Å². The van der Waals surface area contributed by atoms with Gasteiger partial charge in [-0.2, -0.15) is 0 Å². The highest BCUT2D eigenvalue weighted by molar-refractivity contribution is 6.42. The predicted molar refractivity (Wildman–Crippen MR) is 107 cm³/mol. The summed E-state index contributed by atoms with van der Waals surface area (Å²) in [4.78, 5) is 30.1. The lowest BCUT2D eigenvalue weighted by Gasteiger charge is -2.07. The van der Waals surface area contributed by atoms with E-state index in [0.29, 0.717) is 38.1 Å². The number of hydrogen-bond donors (Lipinski definition) is 1. The molecule has 136 valence electrons. The number of anilines is 1. The maximum absolute atomic E-state index is 12.8. The summed E-state index contributed by atoms with van der Waals surface area (Å²) in [7, 11) is 1.70. The van der Waals surface area contributed by atoms with Gasteiger partial charge in [-0.15, -0.1) is 0 Å². The number of fused-ring (bicyclic) bond motifs is 2. The van der Waals surface area contributed by atoms with E-state index in [1.165, 1.54) is 4.40 Å². The summed E-state index contributed by atoms with van der Waals surface area (Å²) in [6.45, 7) is 1.90. The molecular formula is C19H14Cl2N4O2. The maximum atomic E-state index is 12.8. The Bertz CT molecular complexity index is 1290. The Balaban J connectivity index is 1.82. The Labute approximate surface area is 164 Å². The zero-order chi connectivity index (χ0) is 19.3. The molecule has 4 rings (SSSR count). The number of aryl methyl sites for hydroxylation is 2. The highest BCUT2D eigenvalue weighted by atomic mass is 35.5. The predicted octanol–water partition coefficient (Wildman–Crippen LogP) is 4.05. The maximum Gasteiger partial charge on any atom is 0.272 e. The Morgan fingerprint density at radius 3 is 2.63 bits per heavy atom. The zero-order valence-electron chi connectivity index (χ0n) is 14.5. The molecule has 6 nitrogen and oxygen atoms in total. The quantitative estimate of drug-likeness (QED) is 0.551. The van der Waals surface area contributed by atoms with E-state index in [1.807, 2.05) is 13.0 Å². The second-order valence-corrected chi connectivity index (χ2v) is 7.07. The fourth-order valence-corrected chi connectivity index (χ4v) is 3.26. The van der Waals surface area contributed by atoms with E-state index in [4.69, 9.17) is 23.2 Å². The molecule has 0 bridgehead atoms. The van der Waals surface area contributed by atoms with Gasteiger partial charge in [0.15, 0.2) is 0 Å². The van der Waals surface area contributed by atoms with Crippen LogP contribution < -0.4 is 10.9 Å². The average molecular weight is 401 g/mol. The van der Waals surface area contributed by atoms with Gasteiger partial charge in [-0.05, 0) is 42.8 Å². The highest BCUT2D eigenvalue weighted by Gasteiger charge is 2.18. The molecular weight excluding hydrogens is 387 g/mol. The number of rotatable bonds is 2. The molecule has 1 amide bonds. The fraction of sp³-hybridized carbons (Fsp3) is 0.105. The van der Waals surface area contributed by atoms with Gasteiger partial charge >= 0.3 is 0 Å². The van der Waals surface area contributed by atoms with E-state index in [2.05, 4.69) is 10.3 Å². The second-order valence-electron chi connectivity index (χ2n) is 6.26. The molecule has 0 unspecified atom stereocenters. The minimum absolute atomic E-state index is 0.220. The van der Waals surface area contributed by atoms with Crippen molar-refractivity contribution in [3.8, 4) is 0 Å². The molecule has 1 aromatic carbocycles. The summed E-state index contributed by atoms with van der Waals surface area (Å²) in [6, 6.07) is 10.0. The van der Waals surface area contributed by atoms with Crippen LogP contribution in [-0.4, -0.2) is 19.9 Å². The van der Waals surface area contributed by atoms with Crippen LogP contribution in [0.1, 0.15) is 16.1 Å². The molecule has 27 heavy (non-hydrogen) atoms. The van der Waals surface area contributed by atoms with E-state index in [0.717, 1.165) is 5.56 Å². The van der Waals surface area contributed by atoms with Crippen LogP contribution in [0.5, 0.6) is 0 Å². The third kappa shape index (κ3) is 2.97. The number of aromatic nitrogens is 3. The van der Waals surface area contributed by atoms with E-state index >= 15 is 0 Å². The van der Waals surface area contributed by atoms with Gasteiger partial charge in [0.1, 0.15) is 17.0 Å². The molecule has 0 aliphatic heterocycles. The van der Waals surface area contributed by atoms with Gasteiger partial charge in [-0.25, -0.2) is 4.98 Å². The number of amides is 1. The third-order valence-electron chi connectivity index (χ3n) is 4.36. The largest absolute Gasteiger partial charge is 0.324 e. The number of pyridine rings is 1. The Kier molecular flexibility index (Phi) is 4.17. The van der Waals surface area contributed by atoms with E-state index in [1.54, 1.807) is 48.1 Å². The lowest BCUT2D eigenvalue weighted by atomic mass is 10.3. The van der Waals surface area contributed by atoms with Gasteiger partial charge < -0.3 is 9.88 Å². The van der Waals surface area contributed by atoms with Crippen molar-refractivity contribution in [1.29, 1.82) is 0 Å². The van der Waals surface area contributed by atoms with Crippen LogP contribution in [0.4, 0.5) is 5.69 Å². The number of benzene rings is 1. The van der Waals surface area contributed by atoms with Crippen molar-refractivity contribution in [3.05, 3.63) is 74.3 Å². The van der Waals surface area contributed by atoms with E-state index < -0.39 is 0 Å². The smallest absolute Gasteiger partial charge is 0.272 e. The highest BCUT2D eigenvalue weighted by Crippen LogP contribution is 2.25. The molecule has 8 heteroatoms. The average Bonchev–Trinajstić information content (AvgIpc) is 2.96. The number of hydrogen-bond acceptors (Lipinski definition) is 3. The molecule has 4 aromatic rings. The first-order valence-electron chi connectivity index (χ1n) is 8.10. The minimum Gasteiger partial charge on any atom is -0.324 e. The van der Waals surface area contributed by atoms with Gasteiger partial charge in [0.25, 0.3) is 11.5 Å². The molecule has 0 radical (unpaired) electrons. The van der Waals surface area contributed by atoms with Crippen molar-refractivity contribution in [3.63, 3.8) is 0 Å². The van der Waals surface area contributed by atoms with Gasteiger partial charge in [-0.1, -0.05) is 29.3 Å². The topological polar surface area (TPSA) is 68.4 Å². The van der Waals surface area contributed by atoms with E-state index in [-0.39, 0.29) is 11.5 Å². The van der Waals surface area contributed by atoms with Crippen LogP contribution >= 0.6 is 23.2 Å². The van der Waals surface area contributed by atoms with Crippen LogP contribution in [-0.2, 0) is 7.05 Å². The Morgan fingerprint density at radius 2 is 1.89 bits per heavy atom. The number of carbonyl (C=O) groups is 1. The minimum atomic E-state index is -0.376. The number of carbonyl (C=O) groups excluding carboxylic acids is 1. The summed E-state index contributed by atoms with van der Waals surface area (Å²) in [5.74, 6) is -0.376. The van der Waals surface area contributed by atoms with Crippen molar-refractivity contribution < 1.29 is 4.79 Å². The molecule has 0 fully saturated rings. The SMILES string of the molecule is Cc1ccc2nc3c(cc(C(=O)Nc4ccc(Cl)c(Cl)c4)n3C)c(=O)n2c1. The molecule has 1 N–H and O–H groups in total. The first kappa shape index (κ1) is 17.6. The standard InChI is InChI=1S/C19H14Cl2N4O2/c1-10-3-6-16-23-17-12(19(27)25(16)9-10)8-15(24(17)2)18(26)22-11-4-5-13(20)14(21)7-11/h3-9H,1-2H3,(H,22,26). The monoisotopic (exact) mass is 400 g/mol. The van der Waals surface area contributed by atoms with Gasteiger partial charge in [0.05, 0.1) is 15.4 Å². The number of halogens is 2. The fourth-order valence-electron chi connectivity index (χ4n) is 2.96. The van der Waals surface area contributed by atoms with Crippen LogP contribution in [0.3, 0.4) is 0 Å². The van der Waals surface area contributed by atoms with Crippen LogP contribution in [0.2, 0.25) is 10.0 Å². The first-order valence-corrected chi connectivity index (χ1v) is 8.85. The van der Waals surface area contributed by atoms with Crippen molar-refractivity contribution in [1.82, 2.24) is 14.0 Å². The molecule has 3 heterocycles. The molecule has 0 atom stereocenters. The summed E-state index contributed by atoms with van der Waals surface area (Å²) < 4.78 is 3.09. The van der Waals surface area contributed by atoms with Gasteiger partial charge in [0, 0.05) is 18.9 Å². The molecule has 3 aromatic heterocycles. The Hall–Kier alpha value is -2.83. The lowest BCUT2D eigenvalue weighted by Crippen LogP contribution is -2.16. The zero-order valence-corrected chi connectivity index (χ0v) is 16.0. The lowest BCUT2D eigenvalue weighted by molar-refractivity contribution is 0.101. The molecule has 0 saturated heterocycles. The second kappa shape index (κ2) is 6.40. The Morgan fingerprint density at radius 1 is 1.11 bits per heavy atom. The van der Waals surface area contributed by atoms with Crippen molar-refractivity contribution in [2.75, 3.05) is 5.32 Å².